The molecule has 0 aromatic heterocycles. The normalized spacial score (nSPS) is 8.09. The summed E-state index contributed by atoms with van der Waals surface area (Å²) in [6.45, 7) is 11.5. The van der Waals surface area contributed by atoms with E-state index in [1.54, 1.807) is 19.3 Å². The summed E-state index contributed by atoms with van der Waals surface area (Å²) < 4.78 is 0. The van der Waals surface area contributed by atoms with Crippen LogP contribution in [0, 0.1) is 0 Å². The van der Waals surface area contributed by atoms with Crippen molar-refractivity contribution in [3.63, 3.8) is 0 Å². The minimum absolute atomic E-state index is 1.71. The second kappa shape index (κ2) is 35.3. The van der Waals surface area contributed by atoms with Gasteiger partial charge in [0.05, 0.1) is 0 Å². The molecule has 0 aromatic rings. The zero-order valence-electron chi connectivity index (χ0n) is 8.46. The number of aliphatic imine (C=N–C) groups is 1. The maximum atomic E-state index is 3.71. The smallest absolute Gasteiger partial charge is 0.0277 e. The molecule has 0 aliphatic rings. The Hall–Kier alpha value is -0.850. The van der Waals surface area contributed by atoms with Crippen LogP contribution in [0.3, 0.4) is 0 Å². The minimum Gasteiger partial charge on any atom is -0.297 e. The predicted octanol–water partition coefficient (Wildman–Crippen LogP) is 3.48. The number of nitrogens with zero attached hydrogens (tertiary/aromatic N) is 1. The van der Waals surface area contributed by atoms with E-state index in [1.165, 1.54) is 0 Å². The molecule has 0 amide bonds. The standard InChI is InChI=1S/C6H9N.2C2H6/c1-3-4-5-6-7-2;2*1-2/h3-6H,1H2,2H3;2*1-2H3/b5-4-,7-6?;;. The van der Waals surface area contributed by atoms with Crippen molar-refractivity contribution >= 4 is 6.21 Å². The Kier molecular flexibility index (Phi) is 53.3. The van der Waals surface area contributed by atoms with Crippen LogP contribution in [0.4, 0.5) is 0 Å². The SMILES string of the molecule is C=C/C=C\C=NC.CC.CC. The lowest BCUT2D eigenvalue weighted by molar-refractivity contribution is 1.48. The molecule has 0 fully saturated rings. The Bertz CT molecular complexity index is 91.0. The van der Waals surface area contributed by atoms with Gasteiger partial charge in [0.1, 0.15) is 0 Å². The summed E-state index contributed by atoms with van der Waals surface area (Å²) in [5.74, 6) is 0. The monoisotopic (exact) mass is 155 g/mol. The number of hydrogen-bond acceptors (Lipinski definition) is 1. The third-order valence-electron chi connectivity index (χ3n) is 0.482. The maximum absolute atomic E-state index is 3.71. The molecule has 1 heteroatoms. The first-order valence-corrected chi connectivity index (χ1v) is 4.11. The summed E-state index contributed by atoms with van der Waals surface area (Å²) in [6, 6.07) is 0. The Morgan fingerprint density at radius 2 is 1.45 bits per heavy atom. The molecule has 0 unspecified atom stereocenters. The van der Waals surface area contributed by atoms with Gasteiger partial charge in [-0.2, -0.15) is 0 Å². The van der Waals surface area contributed by atoms with Crippen LogP contribution >= 0.6 is 0 Å². The van der Waals surface area contributed by atoms with Crippen LogP contribution in [-0.2, 0) is 0 Å². The van der Waals surface area contributed by atoms with E-state index in [-0.39, 0.29) is 0 Å². The molecule has 0 saturated heterocycles. The molecule has 0 saturated carbocycles. The lowest BCUT2D eigenvalue weighted by atomic mass is 10.5. The van der Waals surface area contributed by atoms with Gasteiger partial charge in [0, 0.05) is 13.3 Å². The molecule has 0 aliphatic heterocycles. The van der Waals surface area contributed by atoms with Crippen molar-refractivity contribution in [2.24, 2.45) is 4.99 Å². The second-order valence-electron chi connectivity index (χ2n) is 1.03. The molecule has 11 heavy (non-hydrogen) atoms. The molecule has 0 atom stereocenters. The highest BCUT2D eigenvalue weighted by Crippen LogP contribution is 1.66. The van der Waals surface area contributed by atoms with Crippen LogP contribution in [0.1, 0.15) is 27.7 Å². The first-order chi connectivity index (χ1) is 5.41. The zero-order valence-corrected chi connectivity index (χ0v) is 8.46. The Morgan fingerprint density at radius 1 is 1.00 bits per heavy atom. The van der Waals surface area contributed by atoms with E-state index < -0.39 is 0 Å². The van der Waals surface area contributed by atoms with E-state index in [4.69, 9.17) is 0 Å². The van der Waals surface area contributed by atoms with E-state index in [1.807, 2.05) is 39.8 Å². The van der Waals surface area contributed by atoms with E-state index in [9.17, 15) is 0 Å². The van der Waals surface area contributed by atoms with E-state index >= 15 is 0 Å². The first kappa shape index (κ1) is 16.6. The largest absolute Gasteiger partial charge is 0.297 e. The fourth-order valence-electron chi connectivity index (χ4n) is 0.214. The van der Waals surface area contributed by atoms with E-state index in [2.05, 4.69) is 11.6 Å². The summed E-state index contributed by atoms with van der Waals surface area (Å²) in [6.07, 6.45) is 7.07. The molecular weight excluding hydrogens is 134 g/mol. The second-order valence-corrected chi connectivity index (χ2v) is 1.03. The molecule has 0 heterocycles. The molecule has 0 N–H and O–H groups in total. The van der Waals surface area contributed by atoms with Gasteiger partial charge in [-0.25, -0.2) is 0 Å². The fourth-order valence-corrected chi connectivity index (χ4v) is 0.214. The highest BCUT2D eigenvalue weighted by atomic mass is 14.6. The third-order valence-corrected chi connectivity index (χ3v) is 0.482. The maximum Gasteiger partial charge on any atom is 0.0277 e. The molecule has 66 valence electrons. The van der Waals surface area contributed by atoms with Crippen LogP contribution < -0.4 is 0 Å². The summed E-state index contributed by atoms with van der Waals surface area (Å²) in [5.41, 5.74) is 0. The van der Waals surface area contributed by atoms with Gasteiger partial charge in [-0.1, -0.05) is 46.4 Å². The lowest BCUT2D eigenvalue weighted by Gasteiger charge is -1.65. The van der Waals surface area contributed by atoms with Crippen LogP contribution in [-0.4, -0.2) is 13.3 Å². The molecule has 0 spiro atoms. The van der Waals surface area contributed by atoms with Gasteiger partial charge in [-0.05, 0) is 6.08 Å². The van der Waals surface area contributed by atoms with Gasteiger partial charge in [0.15, 0.2) is 0 Å². The van der Waals surface area contributed by atoms with Crippen molar-refractivity contribution in [1.82, 2.24) is 0 Å². The highest BCUT2D eigenvalue weighted by Gasteiger charge is 1.52. The Morgan fingerprint density at radius 3 is 1.73 bits per heavy atom. The highest BCUT2D eigenvalue weighted by molar-refractivity contribution is 5.71. The number of allylic oxidation sites excluding steroid dienone is 3. The van der Waals surface area contributed by atoms with Crippen molar-refractivity contribution in [3.05, 3.63) is 24.8 Å². The third kappa shape index (κ3) is 47.1. The van der Waals surface area contributed by atoms with Crippen LogP contribution in [0.2, 0.25) is 0 Å². The summed E-state index contributed by atoms with van der Waals surface area (Å²) in [7, 11) is 1.73. The van der Waals surface area contributed by atoms with Crippen molar-refractivity contribution in [3.8, 4) is 0 Å². The van der Waals surface area contributed by atoms with E-state index in [0.29, 0.717) is 0 Å². The summed E-state index contributed by atoms with van der Waals surface area (Å²) in [5, 5.41) is 0. The van der Waals surface area contributed by atoms with Crippen molar-refractivity contribution in [2.45, 2.75) is 27.7 Å². The van der Waals surface area contributed by atoms with Crippen LogP contribution in [0.15, 0.2) is 29.8 Å². The fraction of sp³-hybridized carbons (Fsp3) is 0.500. The molecule has 0 bridgehead atoms. The summed E-state index contributed by atoms with van der Waals surface area (Å²) >= 11 is 0. The van der Waals surface area contributed by atoms with Crippen LogP contribution in [0.25, 0.3) is 0 Å². The zero-order chi connectivity index (χ0) is 9.54. The predicted molar refractivity (Wildman–Crippen MR) is 56.4 cm³/mol. The average Bonchev–Trinajstić information content (AvgIpc) is 2.13. The quantitative estimate of drug-likeness (QED) is 0.427. The van der Waals surface area contributed by atoms with Crippen molar-refractivity contribution in [1.29, 1.82) is 0 Å². The molecular formula is C10H21N. The number of rotatable bonds is 2. The Balaban J connectivity index is -0.000000138. The van der Waals surface area contributed by atoms with Gasteiger partial charge in [-0.15, -0.1) is 0 Å². The molecule has 1 nitrogen and oxygen atoms in total. The Labute approximate surface area is 71.6 Å². The van der Waals surface area contributed by atoms with Gasteiger partial charge < -0.3 is 0 Å². The molecule has 0 rings (SSSR count). The summed E-state index contributed by atoms with van der Waals surface area (Å²) in [4.78, 5) is 3.71. The number of hydrogen-bond donors (Lipinski definition) is 0. The molecule has 0 radical (unpaired) electrons. The lowest BCUT2D eigenvalue weighted by Crippen LogP contribution is -1.57. The van der Waals surface area contributed by atoms with Gasteiger partial charge in [0.25, 0.3) is 0 Å². The van der Waals surface area contributed by atoms with E-state index in [0.717, 1.165) is 0 Å². The minimum atomic E-state index is 1.71. The van der Waals surface area contributed by atoms with Crippen LogP contribution in [0.5, 0.6) is 0 Å². The van der Waals surface area contributed by atoms with Crippen molar-refractivity contribution < 1.29 is 0 Å². The molecule has 0 aromatic carbocycles. The van der Waals surface area contributed by atoms with Gasteiger partial charge in [-0.3, -0.25) is 4.99 Å². The molecule has 0 aliphatic carbocycles. The average molecular weight is 155 g/mol. The van der Waals surface area contributed by atoms with Gasteiger partial charge >= 0.3 is 0 Å². The van der Waals surface area contributed by atoms with Gasteiger partial charge in [0.2, 0.25) is 0 Å². The van der Waals surface area contributed by atoms with Crippen molar-refractivity contribution in [2.75, 3.05) is 7.05 Å². The first-order valence-electron chi connectivity index (χ1n) is 4.11. The topological polar surface area (TPSA) is 12.4 Å².